The fraction of sp³-hybridized carbons (Fsp3) is 0.933. The molecule has 0 saturated heterocycles. The van der Waals surface area contributed by atoms with Crippen molar-refractivity contribution in [3.63, 3.8) is 0 Å². The molecule has 0 aliphatic heterocycles. The fourth-order valence-corrected chi connectivity index (χ4v) is 5.07. The smallest absolute Gasteiger partial charge is 0.462 e. The minimum absolute atomic E-state index is 0.201. The Bertz CT molecular complexity index is 1340. The van der Waals surface area contributed by atoms with Crippen LogP contribution in [0.4, 0.5) is 79.0 Å². The Hall–Kier alpha value is -2.25. The highest BCUT2D eigenvalue weighted by molar-refractivity contribution is 7.47. The second kappa shape index (κ2) is 21.0. The molecule has 0 aliphatic carbocycles. The third-order valence-corrected chi connectivity index (χ3v) is 8.82. The molecule has 0 rings (SSSR count). The van der Waals surface area contributed by atoms with Crippen LogP contribution in [0.5, 0.6) is 0 Å². The van der Waals surface area contributed by atoms with Crippen molar-refractivity contribution >= 4 is 19.8 Å². The van der Waals surface area contributed by atoms with Crippen LogP contribution < -0.4 is 0 Å². The van der Waals surface area contributed by atoms with Crippen LogP contribution in [-0.4, -0.2) is 123 Å². The lowest BCUT2D eigenvalue weighted by Gasteiger charge is -2.33. The van der Waals surface area contributed by atoms with E-state index >= 15 is 0 Å². The number of phosphoric acid groups is 1. The van der Waals surface area contributed by atoms with Gasteiger partial charge in [0.15, 0.2) is 6.10 Å². The van der Waals surface area contributed by atoms with Gasteiger partial charge in [0, 0.05) is 25.7 Å². The van der Waals surface area contributed by atoms with Crippen LogP contribution in [0.2, 0.25) is 0 Å². The Morgan fingerprint density at radius 1 is 0.552 bits per heavy atom. The molecule has 0 heterocycles. The van der Waals surface area contributed by atoms with Crippen LogP contribution in [0, 0.1) is 0 Å². The summed E-state index contributed by atoms with van der Waals surface area (Å²) >= 11 is 0. The van der Waals surface area contributed by atoms with Crippen molar-refractivity contribution < 1.29 is 121 Å². The largest absolute Gasteiger partial charge is 0.472 e. The highest BCUT2D eigenvalue weighted by Gasteiger charge is 2.82. The fourth-order valence-electron chi connectivity index (χ4n) is 4.33. The van der Waals surface area contributed by atoms with Gasteiger partial charge in [0.2, 0.25) is 0 Å². The number of halogens is 18. The van der Waals surface area contributed by atoms with Crippen molar-refractivity contribution in [2.45, 2.75) is 131 Å². The number of ether oxygens (including phenoxy) is 2. The van der Waals surface area contributed by atoms with Gasteiger partial charge < -0.3 is 18.9 Å². The van der Waals surface area contributed by atoms with Crippen molar-refractivity contribution in [3.05, 3.63) is 0 Å². The van der Waals surface area contributed by atoms with E-state index in [0.717, 1.165) is 0 Å². The lowest BCUT2D eigenvalue weighted by Crippen LogP contribution is -2.60. The molecule has 0 fully saturated rings. The van der Waals surface area contributed by atoms with Crippen LogP contribution in [0.3, 0.4) is 0 Å². The molecule has 1 N–H and O–H groups in total. The minimum atomic E-state index is -7.05. The van der Waals surface area contributed by atoms with E-state index in [0.29, 0.717) is 0 Å². The Morgan fingerprint density at radius 2 is 0.931 bits per heavy atom. The van der Waals surface area contributed by atoms with Gasteiger partial charge in [-0.05, 0) is 25.7 Å². The second-order valence-corrected chi connectivity index (χ2v) is 15.4. The first-order valence-electron chi connectivity index (χ1n) is 17.0. The number of nitrogens with zero attached hydrogens (tertiary/aromatic N) is 1. The van der Waals surface area contributed by atoms with Crippen LogP contribution >= 0.6 is 7.82 Å². The number of carbonyl (C=O) groups is 2. The number of phosphoric ester groups is 1. The van der Waals surface area contributed by atoms with E-state index in [-0.39, 0.29) is 43.3 Å². The topological polar surface area (TPSA) is 108 Å². The number of rotatable bonds is 28. The lowest BCUT2D eigenvalue weighted by molar-refractivity contribution is -0.870. The normalized spacial score (nSPS) is 15.9. The van der Waals surface area contributed by atoms with Crippen molar-refractivity contribution in [2.24, 2.45) is 0 Å². The number of quaternary nitrogens is 1. The molecule has 346 valence electrons. The summed E-state index contributed by atoms with van der Waals surface area (Å²) < 4.78 is 265. The van der Waals surface area contributed by atoms with Gasteiger partial charge in [-0.25, -0.2) is 4.57 Å². The van der Waals surface area contributed by atoms with Crippen molar-refractivity contribution in [2.75, 3.05) is 47.5 Å². The molecule has 0 aliphatic rings. The number of esters is 2. The Balaban J connectivity index is 5.15. The Kier molecular flexibility index (Phi) is 20.2. The molecule has 28 heteroatoms. The van der Waals surface area contributed by atoms with Crippen molar-refractivity contribution in [1.29, 1.82) is 0 Å². The number of alkyl halides is 18. The van der Waals surface area contributed by atoms with Crippen molar-refractivity contribution in [1.82, 2.24) is 0 Å². The summed E-state index contributed by atoms with van der Waals surface area (Å²) in [7, 11) is 0.278. The molecule has 0 amide bonds. The summed E-state index contributed by atoms with van der Waals surface area (Å²) in [5.74, 6) is -41.5. The van der Waals surface area contributed by atoms with Gasteiger partial charge >= 0.3 is 67.6 Å². The summed E-state index contributed by atoms with van der Waals surface area (Å²) in [5.41, 5.74) is 0. The zero-order valence-corrected chi connectivity index (χ0v) is 31.8. The van der Waals surface area contributed by atoms with E-state index < -0.39 is 138 Å². The van der Waals surface area contributed by atoms with E-state index in [9.17, 15) is 98.1 Å². The first-order chi connectivity index (χ1) is 25.8. The molecule has 0 aromatic heterocycles. The molecule has 0 aromatic carbocycles. The third kappa shape index (κ3) is 16.7. The maximum absolute atomic E-state index is 13.7. The number of hydrogen-bond donors (Lipinski definition) is 1. The minimum Gasteiger partial charge on any atom is -0.462 e. The summed E-state index contributed by atoms with van der Waals surface area (Å²) in [6.07, 6.45) is -24.8. The van der Waals surface area contributed by atoms with E-state index in [2.05, 4.69) is 0 Å². The van der Waals surface area contributed by atoms with Crippen LogP contribution in [-0.2, 0) is 32.7 Å². The molecule has 0 bridgehead atoms. The van der Waals surface area contributed by atoms with Gasteiger partial charge in [0.25, 0.3) is 0 Å². The van der Waals surface area contributed by atoms with Gasteiger partial charge in [0.1, 0.15) is 19.8 Å². The number of likely N-dealkylation sites (N-methyl/N-ethyl adjacent to an activating group) is 1. The predicted molar refractivity (Wildman–Crippen MR) is 163 cm³/mol. The molecular weight excluding hydrogens is 875 g/mol. The van der Waals surface area contributed by atoms with Gasteiger partial charge in [-0.1, -0.05) is 25.7 Å². The number of hydrogen-bond acceptors (Lipinski definition) is 7. The summed E-state index contributed by atoms with van der Waals surface area (Å²) in [6, 6.07) is 0. The van der Waals surface area contributed by atoms with Crippen molar-refractivity contribution in [3.8, 4) is 0 Å². The summed E-state index contributed by atoms with van der Waals surface area (Å²) in [6.45, 7) is -1.99. The predicted octanol–water partition coefficient (Wildman–Crippen LogP) is 9.90. The summed E-state index contributed by atoms with van der Waals surface area (Å²) in [5, 5.41) is 0. The standard InChI is InChI=1S/C30H42F18NO8P/c1-49(2,3)16-17-55-58(52,53)56-19-20(57-22(51)13-9-5-7-11-15-24(33,34)26(37,38)28(41,42)30(46,47)48)18-54-21(50)12-8-4-6-10-14-23(31,32)25(35,36)27(39,40)29(43,44)45/h20H,4-19H2,1-3H3/p+1. The average Bonchev–Trinajstić information content (AvgIpc) is 3.03. The molecule has 2 atom stereocenters. The molecule has 58 heavy (non-hydrogen) atoms. The Morgan fingerprint density at radius 3 is 1.31 bits per heavy atom. The molecule has 2 unspecified atom stereocenters. The molecule has 9 nitrogen and oxygen atoms in total. The zero-order chi connectivity index (χ0) is 45.9. The van der Waals surface area contributed by atoms with Crippen LogP contribution in [0.25, 0.3) is 0 Å². The van der Waals surface area contributed by atoms with E-state index in [1.54, 1.807) is 21.1 Å². The van der Waals surface area contributed by atoms with E-state index in [1.165, 1.54) is 0 Å². The third-order valence-electron chi connectivity index (χ3n) is 7.83. The maximum Gasteiger partial charge on any atom is 0.472 e. The lowest BCUT2D eigenvalue weighted by atomic mass is 9.98. The average molecular weight is 919 g/mol. The van der Waals surface area contributed by atoms with Gasteiger partial charge in [-0.3, -0.25) is 18.6 Å². The second-order valence-electron chi connectivity index (χ2n) is 13.9. The summed E-state index contributed by atoms with van der Waals surface area (Å²) in [4.78, 5) is 34.4. The van der Waals surface area contributed by atoms with Gasteiger partial charge in [-0.2, -0.15) is 79.0 Å². The molecular formula is C30H43F18NO8P+. The zero-order valence-electron chi connectivity index (χ0n) is 30.9. The maximum atomic E-state index is 13.7. The number of unbranched alkanes of at least 4 members (excludes halogenated alkanes) is 6. The quantitative estimate of drug-likeness (QED) is 0.0272. The highest BCUT2D eigenvalue weighted by Crippen LogP contribution is 2.55. The highest BCUT2D eigenvalue weighted by atomic mass is 31.2. The Labute approximate surface area is 319 Å². The molecule has 0 spiro atoms. The van der Waals surface area contributed by atoms with E-state index in [1.807, 2.05) is 0 Å². The molecule has 0 aromatic rings. The van der Waals surface area contributed by atoms with E-state index in [4.69, 9.17) is 18.5 Å². The van der Waals surface area contributed by atoms with Gasteiger partial charge in [0.05, 0.1) is 27.7 Å². The van der Waals surface area contributed by atoms with Crippen LogP contribution in [0.1, 0.15) is 77.0 Å². The first-order valence-corrected chi connectivity index (χ1v) is 18.5. The monoisotopic (exact) mass is 918 g/mol. The first kappa shape index (κ1) is 55.8. The molecule has 0 radical (unpaired) electrons. The molecule has 0 saturated carbocycles. The number of carbonyl (C=O) groups excluding carboxylic acids is 2. The SMILES string of the molecule is C[N+](C)(C)CCOP(=O)(O)OCC(COC(=O)CCCCCCC(F)(F)C(F)(F)C(F)(F)C(F)(F)F)OC(=O)CCCCCCC(F)(F)C(F)(F)C(F)(F)C(F)(F)F. The van der Waals surface area contributed by atoms with Gasteiger partial charge in [-0.15, -0.1) is 0 Å². The van der Waals surface area contributed by atoms with Crippen LogP contribution in [0.15, 0.2) is 0 Å².